The molecule has 2 N–H and O–H groups in total. The van der Waals surface area contributed by atoms with Gasteiger partial charge in [0.15, 0.2) is 0 Å². The van der Waals surface area contributed by atoms with Gasteiger partial charge in [0, 0.05) is 12.0 Å². The Labute approximate surface area is 146 Å². The van der Waals surface area contributed by atoms with E-state index in [2.05, 4.69) is 0 Å². The van der Waals surface area contributed by atoms with E-state index in [0.29, 0.717) is 18.6 Å². The Morgan fingerprint density at radius 1 is 0.800 bits per heavy atom. The Kier molecular flexibility index (Phi) is 5.00. The van der Waals surface area contributed by atoms with Crippen molar-refractivity contribution in [3.63, 3.8) is 0 Å². The zero-order chi connectivity index (χ0) is 17.6. The fraction of sp³-hybridized carbons (Fsp3) is 0.0952. The van der Waals surface area contributed by atoms with E-state index < -0.39 is 6.16 Å². The minimum Gasteiger partial charge on any atom is -0.508 e. The molecule has 0 aliphatic heterocycles. The van der Waals surface area contributed by atoms with Gasteiger partial charge in [0.2, 0.25) is 0 Å². The molecule has 4 heteroatoms. The molecule has 0 spiro atoms. The summed E-state index contributed by atoms with van der Waals surface area (Å²) in [5.41, 5.74) is 3.57. The lowest BCUT2D eigenvalue weighted by atomic mass is 9.94. The highest BCUT2D eigenvalue weighted by molar-refractivity contribution is 5.63. The summed E-state index contributed by atoms with van der Waals surface area (Å²) >= 11 is 0. The maximum Gasteiger partial charge on any atom is 0.511 e. The van der Waals surface area contributed by atoms with Crippen LogP contribution in [0.1, 0.15) is 22.3 Å². The number of ether oxygens (including phenoxy) is 1. The van der Waals surface area contributed by atoms with Crippen molar-refractivity contribution in [3.8, 4) is 11.5 Å². The quantitative estimate of drug-likeness (QED) is 0.527. The van der Waals surface area contributed by atoms with Crippen molar-refractivity contribution >= 4 is 6.16 Å². The van der Waals surface area contributed by atoms with E-state index in [1.807, 2.05) is 48.5 Å². The molecule has 0 heterocycles. The van der Waals surface area contributed by atoms with E-state index in [9.17, 15) is 9.90 Å². The van der Waals surface area contributed by atoms with E-state index >= 15 is 0 Å². The Balaban J connectivity index is 2.02. The lowest BCUT2D eigenvalue weighted by molar-refractivity contribution is 0.144. The number of aromatic hydroxyl groups is 1. The third-order valence-corrected chi connectivity index (χ3v) is 4.02. The predicted octanol–water partition coefficient (Wildman–Crippen LogP) is 4.63. The fourth-order valence-corrected chi connectivity index (χ4v) is 2.83. The fourth-order valence-electron chi connectivity index (χ4n) is 2.83. The van der Waals surface area contributed by atoms with E-state index in [4.69, 9.17) is 9.84 Å². The second kappa shape index (κ2) is 7.53. The Bertz CT molecular complexity index is 872. The zero-order valence-electron chi connectivity index (χ0n) is 13.6. The highest BCUT2D eigenvalue weighted by Gasteiger charge is 2.15. The topological polar surface area (TPSA) is 66.8 Å². The Morgan fingerprint density at radius 3 is 2.20 bits per heavy atom. The molecule has 0 aliphatic carbocycles. The number of phenolic OH excluding ortho intramolecular Hbond substituents is 1. The van der Waals surface area contributed by atoms with E-state index in [0.717, 1.165) is 22.3 Å². The molecule has 0 aliphatic rings. The molecule has 0 saturated carbocycles. The highest BCUT2D eigenvalue weighted by Crippen LogP contribution is 2.30. The summed E-state index contributed by atoms with van der Waals surface area (Å²) in [7, 11) is 0. The first kappa shape index (κ1) is 16.6. The Morgan fingerprint density at radius 2 is 1.48 bits per heavy atom. The average molecular weight is 334 g/mol. The van der Waals surface area contributed by atoms with Crippen molar-refractivity contribution < 1.29 is 19.7 Å². The van der Waals surface area contributed by atoms with E-state index in [-0.39, 0.29) is 5.75 Å². The highest BCUT2D eigenvalue weighted by atomic mass is 16.7. The van der Waals surface area contributed by atoms with Crippen LogP contribution in [-0.2, 0) is 12.8 Å². The minimum atomic E-state index is -1.35. The number of phenols is 1. The zero-order valence-corrected chi connectivity index (χ0v) is 13.6. The predicted molar refractivity (Wildman–Crippen MR) is 95.3 cm³/mol. The first-order valence-electron chi connectivity index (χ1n) is 7.96. The number of carbonyl (C=O) groups is 1. The molecule has 3 aromatic carbocycles. The molecule has 0 unspecified atom stereocenters. The molecule has 0 atom stereocenters. The summed E-state index contributed by atoms with van der Waals surface area (Å²) < 4.78 is 4.97. The monoisotopic (exact) mass is 334 g/mol. The van der Waals surface area contributed by atoms with Gasteiger partial charge in [-0.25, -0.2) is 4.79 Å². The van der Waals surface area contributed by atoms with Gasteiger partial charge >= 0.3 is 6.16 Å². The standard InChI is InChI=1S/C21H18O4/c22-19-11-5-4-9-17(19)14-18-16(13-15-7-2-1-3-8-15)10-6-12-20(18)25-21(23)24/h1-12,22H,13-14H2,(H,23,24). The van der Waals surface area contributed by atoms with Gasteiger partial charge in [-0.3, -0.25) is 0 Å². The molecule has 0 fully saturated rings. The number of carboxylic acid groups (broad SMARTS) is 1. The molecule has 0 aromatic heterocycles. The summed E-state index contributed by atoms with van der Waals surface area (Å²) in [4.78, 5) is 11.0. The van der Waals surface area contributed by atoms with Crippen LogP contribution in [0, 0.1) is 0 Å². The van der Waals surface area contributed by atoms with Crippen molar-refractivity contribution in [3.05, 3.63) is 95.1 Å². The molecule has 3 rings (SSSR count). The SMILES string of the molecule is O=C(O)Oc1cccc(Cc2ccccc2)c1Cc1ccccc1O. The smallest absolute Gasteiger partial charge is 0.508 e. The second-order valence-electron chi connectivity index (χ2n) is 5.73. The summed E-state index contributed by atoms with van der Waals surface area (Å²) in [5, 5.41) is 19.1. The molecule has 0 amide bonds. The van der Waals surface area contributed by atoms with Crippen molar-refractivity contribution in [2.45, 2.75) is 12.8 Å². The molecule has 25 heavy (non-hydrogen) atoms. The van der Waals surface area contributed by atoms with Crippen LogP contribution in [0.15, 0.2) is 72.8 Å². The third-order valence-electron chi connectivity index (χ3n) is 4.02. The minimum absolute atomic E-state index is 0.179. The number of para-hydroxylation sites is 1. The van der Waals surface area contributed by atoms with Crippen LogP contribution < -0.4 is 4.74 Å². The number of hydrogen-bond acceptors (Lipinski definition) is 3. The number of benzene rings is 3. The number of rotatable bonds is 5. The molecular weight excluding hydrogens is 316 g/mol. The largest absolute Gasteiger partial charge is 0.511 e. The van der Waals surface area contributed by atoms with E-state index in [1.54, 1.807) is 24.3 Å². The average Bonchev–Trinajstić information content (AvgIpc) is 2.60. The van der Waals surface area contributed by atoms with Crippen LogP contribution in [-0.4, -0.2) is 16.4 Å². The van der Waals surface area contributed by atoms with Crippen molar-refractivity contribution in [2.75, 3.05) is 0 Å². The van der Waals surface area contributed by atoms with Crippen molar-refractivity contribution in [2.24, 2.45) is 0 Å². The van der Waals surface area contributed by atoms with Crippen molar-refractivity contribution in [1.82, 2.24) is 0 Å². The molecule has 4 nitrogen and oxygen atoms in total. The van der Waals surface area contributed by atoms with Crippen LogP contribution in [0.25, 0.3) is 0 Å². The van der Waals surface area contributed by atoms with Gasteiger partial charge in [-0.05, 0) is 35.2 Å². The van der Waals surface area contributed by atoms with Gasteiger partial charge in [-0.2, -0.15) is 0 Å². The lowest BCUT2D eigenvalue weighted by Gasteiger charge is -2.15. The first-order chi connectivity index (χ1) is 12.1. The van der Waals surface area contributed by atoms with Crippen LogP contribution in [0.5, 0.6) is 11.5 Å². The maximum absolute atomic E-state index is 11.0. The molecule has 3 aromatic rings. The summed E-state index contributed by atoms with van der Waals surface area (Å²) in [6.45, 7) is 0. The first-order valence-corrected chi connectivity index (χ1v) is 7.96. The van der Waals surface area contributed by atoms with Gasteiger partial charge in [0.1, 0.15) is 11.5 Å². The number of hydrogen-bond donors (Lipinski definition) is 2. The Hall–Kier alpha value is -3.27. The molecule has 0 saturated heterocycles. The summed E-state index contributed by atoms with van der Waals surface area (Å²) in [6, 6.07) is 22.3. The lowest BCUT2D eigenvalue weighted by Crippen LogP contribution is -2.08. The second-order valence-corrected chi connectivity index (χ2v) is 5.73. The molecule has 0 radical (unpaired) electrons. The van der Waals surface area contributed by atoms with Gasteiger partial charge in [-0.15, -0.1) is 0 Å². The van der Waals surface area contributed by atoms with E-state index in [1.165, 1.54) is 0 Å². The van der Waals surface area contributed by atoms with Crippen LogP contribution in [0.2, 0.25) is 0 Å². The normalized spacial score (nSPS) is 10.4. The molecular formula is C21H18O4. The summed E-state index contributed by atoms with van der Waals surface area (Å²) in [6.07, 6.45) is -0.311. The van der Waals surface area contributed by atoms with Crippen molar-refractivity contribution in [1.29, 1.82) is 0 Å². The van der Waals surface area contributed by atoms with Gasteiger partial charge < -0.3 is 14.9 Å². The van der Waals surface area contributed by atoms with Crippen LogP contribution in [0.4, 0.5) is 4.79 Å². The molecule has 126 valence electrons. The molecule has 0 bridgehead atoms. The third kappa shape index (κ3) is 4.18. The van der Waals surface area contributed by atoms with Crippen LogP contribution >= 0.6 is 0 Å². The summed E-state index contributed by atoms with van der Waals surface area (Å²) in [5.74, 6) is 0.475. The van der Waals surface area contributed by atoms with Gasteiger partial charge in [-0.1, -0.05) is 60.7 Å². The van der Waals surface area contributed by atoms with Gasteiger partial charge in [0.05, 0.1) is 0 Å². The van der Waals surface area contributed by atoms with Crippen LogP contribution in [0.3, 0.4) is 0 Å². The maximum atomic E-state index is 11.0. The van der Waals surface area contributed by atoms with Gasteiger partial charge in [0.25, 0.3) is 0 Å².